The van der Waals surface area contributed by atoms with Crippen molar-refractivity contribution in [1.29, 1.82) is 0 Å². The molecule has 0 saturated heterocycles. The Morgan fingerprint density at radius 3 is 3.25 bits per heavy atom. The van der Waals surface area contributed by atoms with E-state index in [0.717, 1.165) is 16.6 Å². The lowest BCUT2D eigenvalue weighted by atomic mass is 9.94. The summed E-state index contributed by atoms with van der Waals surface area (Å²) in [5.41, 5.74) is 3.69. The highest BCUT2D eigenvalue weighted by Crippen LogP contribution is 2.39. The number of fused-ring (bicyclic) bond motifs is 2. The van der Waals surface area contributed by atoms with E-state index in [1.807, 2.05) is 17.5 Å². The SMILES string of the molecule is Brc1cc2c(s1)CCCC2Nc1ccc2cn[nH]c2c1. The molecule has 102 valence electrons. The number of rotatable bonds is 2. The molecule has 5 heteroatoms. The number of hydrogen-bond acceptors (Lipinski definition) is 3. The van der Waals surface area contributed by atoms with Crippen molar-refractivity contribution in [2.45, 2.75) is 25.3 Å². The average Bonchev–Trinajstić information content (AvgIpc) is 3.04. The summed E-state index contributed by atoms with van der Waals surface area (Å²) in [5, 5.41) is 11.9. The Kier molecular flexibility index (Phi) is 3.04. The molecule has 20 heavy (non-hydrogen) atoms. The topological polar surface area (TPSA) is 40.7 Å². The van der Waals surface area contributed by atoms with Crippen LogP contribution < -0.4 is 5.32 Å². The Labute approximate surface area is 129 Å². The van der Waals surface area contributed by atoms with Gasteiger partial charge >= 0.3 is 0 Å². The van der Waals surface area contributed by atoms with Gasteiger partial charge in [0.25, 0.3) is 0 Å². The third-order valence-electron chi connectivity index (χ3n) is 3.87. The average molecular weight is 348 g/mol. The van der Waals surface area contributed by atoms with Crippen molar-refractivity contribution in [2.75, 3.05) is 5.32 Å². The molecule has 2 N–H and O–H groups in total. The number of hydrogen-bond donors (Lipinski definition) is 2. The molecule has 0 spiro atoms. The number of benzene rings is 1. The van der Waals surface area contributed by atoms with Crippen LogP contribution >= 0.6 is 27.3 Å². The third-order valence-corrected chi connectivity index (χ3v) is 5.58. The van der Waals surface area contributed by atoms with Crippen LogP contribution in [0.1, 0.15) is 29.3 Å². The van der Waals surface area contributed by atoms with Gasteiger partial charge in [-0.05, 0) is 65.0 Å². The second-order valence-corrected chi connectivity index (χ2v) is 7.71. The number of nitrogens with zero attached hydrogens (tertiary/aromatic N) is 1. The van der Waals surface area contributed by atoms with Crippen LogP contribution in [-0.2, 0) is 6.42 Å². The Hall–Kier alpha value is -1.33. The van der Waals surface area contributed by atoms with Crippen LogP contribution in [0.3, 0.4) is 0 Å². The van der Waals surface area contributed by atoms with Gasteiger partial charge in [0.05, 0.1) is 21.5 Å². The molecule has 0 bridgehead atoms. The van der Waals surface area contributed by atoms with Crippen molar-refractivity contribution >= 4 is 43.9 Å². The van der Waals surface area contributed by atoms with E-state index in [9.17, 15) is 0 Å². The van der Waals surface area contributed by atoms with Crippen molar-refractivity contribution < 1.29 is 0 Å². The number of anilines is 1. The number of aryl methyl sites for hydroxylation is 1. The highest BCUT2D eigenvalue weighted by Gasteiger charge is 2.22. The molecule has 3 aromatic rings. The zero-order valence-corrected chi connectivity index (χ0v) is 13.2. The second kappa shape index (κ2) is 4.90. The summed E-state index contributed by atoms with van der Waals surface area (Å²) < 4.78 is 1.24. The minimum Gasteiger partial charge on any atom is -0.378 e. The van der Waals surface area contributed by atoms with Crippen LogP contribution in [0.15, 0.2) is 34.2 Å². The van der Waals surface area contributed by atoms with E-state index in [2.05, 4.69) is 55.7 Å². The molecule has 0 aliphatic heterocycles. The number of nitrogens with one attached hydrogen (secondary N) is 2. The van der Waals surface area contributed by atoms with Gasteiger partial charge in [-0.25, -0.2) is 0 Å². The Balaban J connectivity index is 1.65. The molecule has 1 aliphatic carbocycles. The summed E-state index contributed by atoms with van der Waals surface area (Å²) in [5.74, 6) is 0. The molecule has 0 radical (unpaired) electrons. The summed E-state index contributed by atoms with van der Waals surface area (Å²) in [6.07, 6.45) is 5.51. The summed E-state index contributed by atoms with van der Waals surface area (Å²) >= 11 is 5.48. The van der Waals surface area contributed by atoms with E-state index in [1.165, 1.54) is 33.5 Å². The van der Waals surface area contributed by atoms with E-state index in [0.29, 0.717) is 6.04 Å². The second-order valence-electron chi connectivity index (χ2n) is 5.19. The molecule has 1 atom stereocenters. The first-order chi connectivity index (χ1) is 9.79. The van der Waals surface area contributed by atoms with Crippen LogP contribution in [0.4, 0.5) is 5.69 Å². The number of aromatic amines is 1. The van der Waals surface area contributed by atoms with Crippen molar-refractivity contribution in [2.24, 2.45) is 0 Å². The van der Waals surface area contributed by atoms with E-state index in [1.54, 1.807) is 0 Å². The highest BCUT2D eigenvalue weighted by atomic mass is 79.9. The molecular weight excluding hydrogens is 334 g/mol. The van der Waals surface area contributed by atoms with Crippen LogP contribution in [-0.4, -0.2) is 10.2 Å². The minimum absolute atomic E-state index is 0.418. The zero-order chi connectivity index (χ0) is 13.5. The first-order valence-corrected chi connectivity index (χ1v) is 8.38. The zero-order valence-electron chi connectivity index (χ0n) is 10.8. The lowest BCUT2D eigenvalue weighted by molar-refractivity contribution is 0.609. The maximum Gasteiger partial charge on any atom is 0.0705 e. The number of aromatic nitrogens is 2. The van der Waals surface area contributed by atoms with Gasteiger partial charge in [-0.1, -0.05) is 0 Å². The first kappa shape index (κ1) is 12.4. The maximum atomic E-state index is 4.07. The summed E-state index contributed by atoms with van der Waals surface area (Å²) in [7, 11) is 0. The smallest absolute Gasteiger partial charge is 0.0705 e. The van der Waals surface area contributed by atoms with Gasteiger partial charge in [-0.2, -0.15) is 5.10 Å². The van der Waals surface area contributed by atoms with Gasteiger partial charge < -0.3 is 5.32 Å². The molecule has 4 rings (SSSR count). The van der Waals surface area contributed by atoms with Gasteiger partial charge in [-0.15, -0.1) is 11.3 Å². The van der Waals surface area contributed by atoms with Gasteiger partial charge in [0.1, 0.15) is 0 Å². The van der Waals surface area contributed by atoms with E-state index in [4.69, 9.17) is 0 Å². The molecule has 0 fully saturated rings. The normalized spacial score (nSPS) is 18.1. The standard InChI is InChI=1S/C15H14BrN3S/c16-15-7-11-12(2-1-3-14(11)20-15)18-10-5-4-9-8-17-19-13(9)6-10/h4-8,12,18H,1-3H2,(H,17,19). The largest absolute Gasteiger partial charge is 0.378 e. The summed E-state index contributed by atoms with van der Waals surface area (Å²) in [6.45, 7) is 0. The Bertz CT molecular complexity index is 761. The lowest BCUT2D eigenvalue weighted by Crippen LogP contribution is -2.15. The third kappa shape index (κ3) is 2.15. The maximum absolute atomic E-state index is 4.07. The van der Waals surface area contributed by atoms with Crippen LogP contribution in [0.2, 0.25) is 0 Å². The fourth-order valence-corrected chi connectivity index (χ4v) is 4.72. The highest BCUT2D eigenvalue weighted by molar-refractivity contribution is 9.11. The molecule has 1 unspecified atom stereocenters. The molecule has 2 heterocycles. The number of halogens is 1. The summed E-state index contributed by atoms with van der Waals surface area (Å²) in [6, 6.07) is 9.06. The van der Waals surface area contributed by atoms with Gasteiger partial charge in [0.15, 0.2) is 0 Å². The van der Waals surface area contributed by atoms with Crippen LogP contribution in [0.5, 0.6) is 0 Å². The number of thiophene rings is 1. The van der Waals surface area contributed by atoms with Crippen molar-refractivity contribution in [3.63, 3.8) is 0 Å². The lowest BCUT2D eigenvalue weighted by Gasteiger charge is -2.24. The predicted octanol–water partition coefficient (Wildman–Crippen LogP) is 4.88. The molecule has 2 aromatic heterocycles. The molecule has 0 saturated carbocycles. The van der Waals surface area contributed by atoms with E-state index >= 15 is 0 Å². The Morgan fingerprint density at radius 2 is 2.30 bits per heavy atom. The summed E-state index contributed by atoms with van der Waals surface area (Å²) in [4.78, 5) is 1.52. The molecule has 0 amide bonds. The molecule has 1 aromatic carbocycles. The fourth-order valence-electron chi connectivity index (χ4n) is 2.90. The number of H-pyrrole nitrogens is 1. The monoisotopic (exact) mass is 347 g/mol. The molecule has 1 aliphatic rings. The van der Waals surface area contributed by atoms with Gasteiger partial charge in [0, 0.05) is 16.0 Å². The van der Waals surface area contributed by atoms with Gasteiger partial charge in [-0.3, -0.25) is 5.10 Å². The molecule has 3 nitrogen and oxygen atoms in total. The van der Waals surface area contributed by atoms with Crippen LogP contribution in [0.25, 0.3) is 10.9 Å². The van der Waals surface area contributed by atoms with Crippen LogP contribution in [0, 0.1) is 0 Å². The predicted molar refractivity (Wildman–Crippen MR) is 87.4 cm³/mol. The Morgan fingerprint density at radius 1 is 1.35 bits per heavy atom. The van der Waals surface area contributed by atoms with Crippen molar-refractivity contribution in [3.8, 4) is 0 Å². The minimum atomic E-state index is 0.418. The quantitative estimate of drug-likeness (QED) is 0.693. The molecular formula is C15H14BrN3S. The first-order valence-electron chi connectivity index (χ1n) is 6.77. The van der Waals surface area contributed by atoms with Crippen molar-refractivity contribution in [1.82, 2.24) is 10.2 Å². The van der Waals surface area contributed by atoms with E-state index in [-0.39, 0.29) is 0 Å². The van der Waals surface area contributed by atoms with Gasteiger partial charge in [0.2, 0.25) is 0 Å². The van der Waals surface area contributed by atoms with Crippen molar-refractivity contribution in [3.05, 3.63) is 44.7 Å². The van der Waals surface area contributed by atoms with E-state index < -0.39 is 0 Å². The fraction of sp³-hybridized carbons (Fsp3) is 0.267.